The number of nitrogens with one attached hydrogen (secondary N) is 1. The number of pyridine rings is 2. The van der Waals surface area contributed by atoms with E-state index in [-0.39, 0.29) is 17.0 Å². The maximum atomic E-state index is 12.9. The van der Waals surface area contributed by atoms with E-state index in [1.165, 1.54) is 25.4 Å². The number of aryl methyl sites for hydroxylation is 1. The summed E-state index contributed by atoms with van der Waals surface area (Å²) in [5.74, 6) is -0.721. The Morgan fingerprint density at radius 2 is 1.69 bits per heavy atom. The Bertz CT molecular complexity index is 1160. The highest BCUT2D eigenvalue weighted by molar-refractivity contribution is 5.93. The number of aromatic nitrogens is 4. The summed E-state index contributed by atoms with van der Waals surface area (Å²) < 4.78 is 78.0. The van der Waals surface area contributed by atoms with Gasteiger partial charge in [0.15, 0.2) is 5.69 Å². The number of halogens is 6. The van der Waals surface area contributed by atoms with E-state index in [1.807, 2.05) is 0 Å². The first-order valence-electron chi connectivity index (χ1n) is 9.33. The van der Waals surface area contributed by atoms with Crippen LogP contribution < -0.4 is 5.32 Å². The van der Waals surface area contributed by atoms with Crippen molar-refractivity contribution in [3.05, 3.63) is 65.4 Å². The lowest BCUT2D eigenvalue weighted by Crippen LogP contribution is -2.36. The summed E-state index contributed by atoms with van der Waals surface area (Å²) in [6.07, 6.45) is -5.71. The molecule has 1 amide bonds. The smallest absolute Gasteiger partial charge is 0.341 e. The van der Waals surface area contributed by atoms with E-state index >= 15 is 0 Å². The van der Waals surface area contributed by atoms with Gasteiger partial charge in [-0.3, -0.25) is 19.4 Å². The van der Waals surface area contributed by atoms with Gasteiger partial charge in [0.2, 0.25) is 0 Å². The molecule has 1 N–H and O–H groups in total. The van der Waals surface area contributed by atoms with Gasteiger partial charge in [0.25, 0.3) is 5.91 Å². The van der Waals surface area contributed by atoms with E-state index in [4.69, 9.17) is 0 Å². The number of hydrogen-bond donors (Lipinski definition) is 1. The predicted molar refractivity (Wildman–Crippen MR) is 99.1 cm³/mol. The number of rotatable bonds is 4. The third kappa shape index (κ3) is 4.16. The lowest BCUT2D eigenvalue weighted by atomic mass is 10.0. The van der Waals surface area contributed by atoms with Crippen LogP contribution in [0.25, 0.3) is 11.3 Å². The highest BCUT2D eigenvalue weighted by Gasteiger charge is 2.47. The molecule has 0 saturated heterocycles. The van der Waals surface area contributed by atoms with E-state index in [0.29, 0.717) is 24.5 Å². The Morgan fingerprint density at radius 3 is 2.22 bits per heavy atom. The van der Waals surface area contributed by atoms with Gasteiger partial charge in [-0.2, -0.15) is 31.4 Å². The Labute approximate surface area is 177 Å². The van der Waals surface area contributed by atoms with Crippen LogP contribution >= 0.6 is 0 Å². The van der Waals surface area contributed by atoms with Crippen LogP contribution in [0, 0.1) is 0 Å². The quantitative estimate of drug-likeness (QED) is 0.595. The molecule has 12 heteroatoms. The molecule has 3 aromatic rings. The summed E-state index contributed by atoms with van der Waals surface area (Å²) in [5, 5.41) is 6.06. The van der Waals surface area contributed by atoms with Crippen molar-refractivity contribution in [1.29, 1.82) is 0 Å². The summed E-state index contributed by atoms with van der Waals surface area (Å²) >= 11 is 0. The third-order valence-corrected chi connectivity index (χ3v) is 5.17. The molecule has 0 unspecified atom stereocenters. The van der Waals surface area contributed by atoms with Gasteiger partial charge in [-0.1, -0.05) is 6.07 Å². The fraction of sp³-hybridized carbons (Fsp3) is 0.300. The maximum absolute atomic E-state index is 12.9. The van der Waals surface area contributed by atoms with Gasteiger partial charge < -0.3 is 5.32 Å². The topological polar surface area (TPSA) is 72.7 Å². The maximum Gasteiger partial charge on any atom is 0.435 e. The number of nitrogens with zero attached hydrogens (tertiary/aromatic N) is 4. The summed E-state index contributed by atoms with van der Waals surface area (Å²) in [6.45, 7) is 0. The Hall–Kier alpha value is -3.44. The average Bonchev–Trinajstić information content (AvgIpc) is 3.38. The molecule has 0 atom stereocenters. The second kappa shape index (κ2) is 7.31. The standard InChI is InChI=1S/C20H15F6N5O/c1-31-14(9-16(30-31)20(24,25)26)17(32)29-18(5-6-18)12-2-3-13(28-10-12)11-4-7-27-15(8-11)19(21,22)23/h2-4,7-10H,5-6H2,1H3,(H,29,32). The van der Waals surface area contributed by atoms with Crippen LogP contribution in [0.15, 0.2) is 42.7 Å². The van der Waals surface area contributed by atoms with Crippen molar-refractivity contribution in [3.8, 4) is 11.3 Å². The number of hydrogen-bond acceptors (Lipinski definition) is 4. The molecule has 0 bridgehead atoms. The SMILES string of the molecule is Cn1nc(C(F)(F)F)cc1C(=O)NC1(c2ccc(-c3ccnc(C(F)(F)F)c3)nc2)CC1. The molecule has 0 spiro atoms. The van der Waals surface area contributed by atoms with Crippen molar-refractivity contribution in [2.45, 2.75) is 30.7 Å². The Morgan fingerprint density at radius 1 is 1.00 bits per heavy atom. The molecule has 3 heterocycles. The van der Waals surface area contributed by atoms with Gasteiger partial charge in [-0.05, 0) is 36.6 Å². The summed E-state index contributed by atoms with van der Waals surface area (Å²) in [4.78, 5) is 20.1. The van der Waals surface area contributed by atoms with Crippen LogP contribution in [0.4, 0.5) is 26.3 Å². The monoisotopic (exact) mass is 455 g/mol. The second-order valence-corrected chi connectivity index (χ2v) is 7.43. The lowest BCUT2D eigenvalue weighted by molar-refractivity contribution is -0.142. The number of carbonyl (C=O) groups is 1. The molecule has 168 valence electrons. The molecule has 32 heavy (non-hydrogen) atoms. The van der Waals surface area contributed by atoms with Gasteiger partial charge in [-0.15, -0.1) is 0 Å². The molecule has 1 saturated carbocycles. The van der Waals surface area contributed by atoms with Gasteiger partial charge in [-0.25, -0.2) is 0 Å². The van der Waals surface area contributed by atoms with Crippen molar-refractivity contribution in [2.75, 3.05) is 0 Å². The van der Waals surface area contributed by atoms with Crippen LogP contribution in [0.2, 0.25) is 0 Å². The van der Waals surface area contributed by atoms with Gasteiger partial charge >= 0.3 is 12.4 Å². The largest absolute Gasteiger partial charge is 0.435 e. The fourth-order valence-corrected chi connectivity index (χ4v) is 3.30. The first-order chi connectivity index (χ1) is 14.9. The van der Waals surface area contributed by atoms with E-state index in [9.17, 15) is 31.1 Å². The molecular formula is C20H15F6N5O. The predicted octanol–water partition coefficient (Wildman–Crippen LogP) is 4.33. The van der Waals surface area contributed by atoms with Crippen molar-refractivity contribution < 1.29 is 31.1 Å². The van der Waals surface area contributed by atoms with Crippen LogP contribution in [-0.4, -0.2) is 25.7 Å². The van der Waals surface area contributed by atoms with Crippen LogP contribution in [0.5, 0.6) is 0 Å². The number of alkyl halides is 6. The third-order valence-electron chi connectivity index (χ3n) is 5.17. The van der Waals surface area contributed by atoms with E-state index in [1.54, 1.807) is 6.07 Å². The molecule has 0 aliphatic heterocycles. The van der Waals surface area contributed by atoms with Crippen LogP contribution in [0.1, 0.15) is 40.3 Å². The Kier molecular flexibility index (Phi) is 4.98. The van der Waals surface area contributed by atoms with Gasteiger partial charge in [0, 0.05) is 31.1 Å². The highest BCUT2D eigenvalue weighted by Crippen LogP contribution is 2.46. The fourth-order valence-electron chi connectivity index (χ4n) is 3.30. The zero-order chi connectivity index (χ0) is 23.3. The first-order valence-corrected chi connectivity index (χ1v) is 9.33. The van der Waals surface area contributed by atoms with Crippen molar-refractivity contribution >= 4 is 5.91 Å². The van der Waals surface area contributed by atoms with Gasteiger partial charge in [0.05, 0.1) is 11.2 Å². The zero-order valence-corrected chi connectivity index (χ0v) is 16.4. The second-order valence-electron chi connectivity index (χ2n) is 7.43. The zero-order valence-electron chi connectivity index (χ0n) is 16.4. The minimum absolute atomic E-state index is 0.224. The number of carbonyl (C=O) groups excluding carboxylic acids is 1. The summed E-state index contributed by atoms with van der Waals surface area (Å²) in [6, 6.07) is 6.09. The Balaban J connectivity index is 1.54. The molecule has 1 aliphatic rings. The molecule has 4 rings (SSSR count). The van der Waals surface area contributed by atoms with Crippen molar-refractivity contribution in [1.82, 2.24) is 25.1 Å². The molecular weight excluding hydrogens is 440 g/mol. The number of amides is 1. The summed E-state index contributed by atoms with van der Waals surface area (Å²) in [5.41, 5.74) is -2.16. The first kappa shape index (κ1) is 21.8. The molecule has 1 aliphatic carbocycles. The minimum atomic E-state index is -4.67. The van der Waals surface area contributed by atoms with Crippen LogP contribution in [-0.2, 0) is 24.9 Å². The lowest BCUT2D eigenvalue weighted by Gasteiger charge is -2.18. The molecule has 3 aromatic heterocycles. The molecule has 0 aromatic carbocycles. The van der Waals surface area contributed by atoms with E-state index in [0.717, 1.165) is 16.9 Å². The molecule has 1 fully saturated rings. The molecule has 0 radical (unpaired) electrons. The van der Waals surface area contributed by atoms with Gasteiger partial charge in [0.1, 0.15) is 11.4 Å². The van der Waals surface area contributed by atoms with Crippen molar-refractivity contribution in [2.24, 2.45) is 7.05 Å². The average molecular weight is 455 g/mol. The highest BCUT2D eigenvalue weighted by atomic mass is 19.4. The normalized spacial score (nSPS) is 15.5. The van der Waals surface area contributed by atoms with Crippen LogP contribution in [0.3, 0.4) is 0 Å². The minimum Gasteiger partial charge on any atom is -0.341 e. The van der Waals surface area contributed by atoms with Crippen molar-refractivity contribution in [3.63, 3.8) is 0 Å². The van der Waals surface area contributed by atoms with E-state index < -0.39 is 35.2 Å². The summed E-state index contributed by atoms with van der Waals surface area (Å²) in [7, 11) is 1.24. The van der Waals surface area contributed by atoms with E-state index in [2.05, 4.69) is 20.4 Å². The molecule has 6 nitrogen and oxygen atoms in total.